The van der Waals surface area contributed by atoms with E-state index >= 15 is 0 Å². The summed E-state index contributed by atoms with van der Waals surface area (Å²) >= 11 is 7.59. The maximum Gasteiger partial charge on any atom is 0.0931 e. The summed E-state index contributed by atoms with van der Waals surface area (Å²) in [6.45, 7) is 7.17. The largest absolute Gasteiger partial charge is 0.376 e. The molecule has 0 saturated carbocycles. The normalized spacial score (nSPS) is 28.2. The number of rotatable bonds is 2. The minimum Gasteiger partial charge on any atom is -0.376 e. The van der Waals surface area contributed by atoms with E-state index in [1.54, 1.807) is 11.3 Å². The van der Waals surface area contributed by atoms with Crippen molar-refractivity contribution >= 4 is 22.9 Å². The van der Waals surface area contributed by atoms with E-state index in [1.807, 2.05) is 6.07 Å². The number of morpholine rings is 1. The van der Waals surface area contributed by atoms with Gasteiger partial charge in [0, 0.05) is 24.0 Å². The van der Waals surface area contributed by atoms with Crippen molar-refractivity contribution in [3.05, 3.63) is 21.3 Å². The Morgan fingerprint density at radius 3 is 3.00 bits per heavy atom. The first kappa shape index (κ1) is 11.4. The standard InChI is InChI=1S/C11H16ClNOS/c1-8-7-14-9(2)5-13(8)6-10-3-4-11(12)15-10/h3-4,8-9H,5-7H2,1-2H3. The molecule has 0 amide bonds. The van der Waals surface area contributed by atoms with Gasteiger partial charge >= 0.3 is 0 Å². The molecule has 2 rings (SSSR count). The Morgan fingerprint density at radius 2 is 2.33 bits per heavy atom. The van der Waals surface area contributed by atoms with Gasteiger partial charge in [-0.05, 0) is 26.0 Å². The Bertz CT molecular complexity index is 328. The van der Waals surface area contributed by atoms with Crippen LogP contribution >= 0.6 is 22.9 Å². The van der Waals surface area contributed by atoms with E-state index in [0.717, 1.165) is 24.0 Å². The van der Waals surface area contributed by atoms with Gasteiger partial charge in [-0.15, -0.1) is 11.3 Å². The molecule has 0 radical (unpaired) electrons. The maximum atomic E-state index is 5.92. The highest BCUT2D eigenvalue weighted by molar-refractivity contribution is 7.16. The molecule has 1 fully saturated rings. The molecule has 0 bridgehead atoms. The van der Waals surface area contributed by atoms with Gasteiger partial charge in [0.05, 0.1) is 17.0 Å². The Balaban J connectivity index is 1.98. The van der Waals surface area contributed by atoms with E-state index in [9.17, 15) is 0 Å². The summed E-state index contributed by atoms with van der Waals surface area (Å²) in [5.74, 6) is 0. The maximum absolute atomic E-state index is 5.92. The van der Waals surface area contributed by atoms with Crippen LogP contribution in [0.4, 0.5) is 0 Å². The molecule has 0 spiro atoms. The Kier molecular flexibility index (Phi) is 3.67. The highest BCUT2D eigenvalue weighted by atomic mass is 35.5. The molecule has 1 aliphatic heterocycles. The van der Waals surface area contributed by atoms with Gasteiger partial charge in [-0.3, -0.25) is 4.90 Å². The first-order valence-corrected chi connectivity index (χ1v) is 6.44. The molecule has 0 aliphatic carbocycles. The molecule has 0 N–H and O–H groups in total. The third-order valence-corrected chi connectivity index (χ3v) is 3.94. The van der Waals surface area contributed by atoms with Crippen LogP contribution in [0.5, 0.6) is 0 Å². The van der Waals surface area contributed by atoms with Crippen LogP contribution in [0.3, 0.4) is 0 Å². The van der Waals surface area contributed by atoms with Gasteiger partial charge in [0.15, 0.2) is 0 Å². The van der Waals surface area contributed by atoms with Gasteiger partial charge in [0.1, 0.15) is 0 Å². The summed E-state index contributed by atoms with van der Waals surface area (Å²) in [6, 6.07) is 4.58. The van der Waals surface area contributed by atoms with E-state index in [0.29, 0.717) is 12.1 Å². The third-order valence-electron chi connectivity index (χ3n) is 2.72. The number of hydrogen-bond acceptors (Lipinski definition) is 3. The smallest absolute Gasteiger partial charge is 0.0931 e. The van der Waals surface area contributed by atoms with Crippen molar-refractivity contribution in [2.24, 2.45) is 0 Å². The average molecular weight is 246 g/mol. The predicted octanol–water partition coefficient (Wildman–Crippen LogP) is 3.01. The number of nitrogens with zero attached hydrogens (tertiary/aromatic N) is 1. The lowest BCUT2D eigenvalue weighted by Gasteiger charge is -2.36. The molecular weight excluding hydrogens is 230 g/mol. The molecule has 0 aromatic carbocycles. The summed E-state index contributed by atoms with van der Waals surface area (Å²) in [4.78, 5) is 3.79. The first-order valence-electron chi connectivity index (χ1n) is 5.25. The van der Waals surface area contributed by atoms with Crippen molar-refractivity contribution in [2.75, 3.05) is 13.2 Å². The molecule has 4 heteroatoms. The summed E-state index contributed by atoms with van der Waals surface area (Å²) in [5.41, 5.74) is 0. The Labute approximate surface area is 99.8 Å². The van der Waals surface area contributed by atoms with Crippen LogP contribution in [-0.4, -0.2) is 30.2 Å². The molecule has 2 atom stereocenters. The minimum atomic E-state index is 0.344. The van der Waals surface area contributed by atoms with E-state index < -0.39 is 0 Å². The van der Waals surface area contributed by atoms with E-state index in [-0.39, 0.29) is 0 Å². The lowest BCUT2D eigenvalue weighted by atomic mass is 10.2. The van der Waals surface area contributed by atoms with E-state index in [2.05, 4.69) is 24.8 Å². The molecule has 2 nitrogen and oxygen atoms in total. The summed E-state index contributed by atoms with van der Waals surface area (Å²) < 4.78 is 6.47. The van der Waals surface area contributed by atoms with Crippen molar-refractivity contribution in [1.29, 1.82) is 0 Å². The van der Waals surface area contributed by atoms with Crippen LogP contribution in [0, 0.1) is 0 Å². The summed E-state index contributed by atoms with van der Waals surface area (Å²) in [6.07, 6.45) is 0.344. The van der Waals surface area contributed by atoms with Crippen molar-refractivity contribution in [3.8, 4) is 0 Å². The molecule has 1 aromatic rings. The van der Waals surface area contributed by atoms with Crippen LogP contribution < -0.4 is 0 Å². The highest BCUT2D eigenvalue weighted by Crippen LogP contribution is 2.24. The van der Waals surface area contributed by atoms with Crippen LogP contribution in [-0.2, 0) is 11.3 Å². The second-order valence-electron chi connectivity index (χ2n) is 4.13. The number of thiophene rings is 1. The van der Waals surface area contributed by atoms with Crippen molar-refractivity contribution in [1.82, 2.24) is 4.90 Å². The van der Waals surface area contributed by atoms with Crippen molar-refractivity contribution < 1.29 is 4.74 Å². The number of hydrogen-bond donors (Lipinski definition) is 0. The van der Waals surface area contributed by atoms with Crippen LogP contribution in [0.15, 0.2) is 12.1 Å². The lowest BCUT2D eigenvalue weighted by molar-refractivity contribution is -0.0523. The van der Waals surface area contributed by atoms with E-state index in [4.69, 9.17) is 16.3 Å². The first-order chi connectivity index (χ1) is 7.15. The number of halogens is 1. The van der Waals surface area contributed by atoms with Gasteiger partial charge in [-0.1, -0.05) is 11.6 Å². The summed E-state index contributed by atoms with van der Waals surface area (Å²) in [7, 11) is 0. The molecule has 2 heterocycles. The Morgan fingerprint density at radius 1 is 1.53 bits per heavy atom. The fourth-order valence-corrected chi connectivity index (χ4v) is 2.94. The topological polar surface area (TPSA) is 12.5 Å². The molecule has 1 aliphatic rings. The molecule has 15 heavy (non-hydrogen) atoms. The molecule has 2 unspecified atom stereocenters. The zero-order valence-corrected chi connectivity index (χ0v) is 10.6. The van der Waals surface area contributed by atoms with Crippen LogP contribution in [0.25, 0.3) is 0 Å². The van der Waals surface area contributed by atoms with Crippen molar-refractivity contribution in [3.63, 3.8) is 0 Å². The molecule has 1 saturated heterocycles. The van der Waals surface area contributed by atoms with Gasteiger partial charge in [-0.25, -0.2) is 0 Å². The molecule has 1 aromatic heterocycles. The minimum absolute atomic E-state index is 0.344. The lowest BCUT2D eigenvalue weighted by Crippen LogP contribution is -2.46. The zero-order chi connectivity index (χ0) is 10.8. The fraction of sp³-hybridized carbons (Fsp3) is 0.636. The second kappa shape index (κ2) is 4.83. The Hall–Kier alpha value is -0.0900. The molecule has 84 valence electrons. The predicted molar refractivity (Wildman–Crippen MR) is 64.6 cm³/mol. The van der Waals surface area contributed by atoms with Crippen LogP contribution in [0.1, 0.15) is 18.7 Å². The monoisotopic (exact) mass is 245 g/mol. The van der Waals surface area contributed by atoms with Crippen molar-refractivity contribution in [2.45, 2.75) is 32.5 Å². The van der Waals surface area contributed by atoms with E-state index in [1.165, 1.54) is 4.88 Å². The van der Waals surface area contributed by atoms with Gasteiger partial charge in [0.25, 0.3) is 0 Å². The average Bonchev–Trinajstić information content (AvgIpc) is 2.58. The summed E-state index contributed by atoms with van der Waals surface area (Å²) in [5, 5.41) is 0. The quantitative estimate of drug-likeness (QED) is 0.794. The highest BCUT2D eigenvalue weighted by Gasteiger charge is 2.23. The number of ether oxygens (including phenoxy) is 1. The SMILES string of the molecule is CC1CN(Cc2ccc(Cl)s2)C(C)CO1. The van der Waals surface area contributed by atoms with Gasteiger partial charge in [-0.2, -0.15) is 0 Å². The second-order valence-corrected chi connectivity index (χ2v) is 5.93. The van der Waals surface area contributed by atoms with Crippen LogP contribution in [0.2, 0.25) is 4.34 Å². The fourth-order valence-electron chi connectivity index (χ4n) is 1.83. The zero-order valence-electron chi connectivity index (χ0n) is 9.07. The third kappa shape index (κ3) is 2.94. The van der Waals surface area contributed by atoms with Gasteiger partial charge < -0.3 is 4.74 Å². The van der Waals surface area contributed by atoms with Gasteiger partial charge in [0.2, 0.25) is 0 Å². The molecular formula is C11H16ClNOS.